The van der Waals surface area contributed by atoms with E-state index in [4.69, 9.17) is 4.74 Å². The average Bonchev–Trinajstić information content (AvgIpc) is 3.48. The second-order valence-electron chi connectivity index (χ2n) is 11.2. The maximum Gasteiger partial charge on any atom is 0.240 e. The fourth-order valence-electron chi connectivity index (χ4n) is 5.02. The minimum atomic E-state index is -1.29. The number of nitrogens with one attached hydrogen (secondary N) is 1. The molecule has 0 aliphatic carbocycles. The Balaban J connectivity index is 1.52. The van der Waals surface area contributed by atoms with Crippen molar-refractivity contribution in [2.75, 3.05) is 19.9 Å². The summed E-state index contributed by atoms with van der Waals surface area (Å²) in [6, 6.07) is 5.23. The summed E-state index contributed by atoms with van der Waals surface area (Å²) in [7, 11) is 0. The number of aliphatic hydroxyl groups excluding tert-OH is 2. The Hall–Kier alpha value is -2.10. The van der Waals surface area contributed by atoms with Gasteiger partial charge in [0.15, 0.2) is 5.78 Å². The van der Waals surface area contributed by atoms with Gasteiger partial charge < -0.3 is 19.8 Å². The average molecular weight is 502 g/mol. The van der Waals surface area contributed by atoms with Crippen molar-refractivity contribution in [1.82, 2.24) is 15.1 Å². The fourth-order valence-corrected chi connectivity index (χ4v) is 5.02. The van der Waals surface area contributed by atoms with Crippen LogP contribution in [0, 0.1) is 11.3 Å². The highest BCUT2D eigenvalue weighted by Gasteiger charge is 2.37. The second-order valence-corrected chi connectivity index (χ2v) is 11.2. The molecule has 36 heavy (non-hydrogen) atoms. The standard InChI is InChI=1S/C28H43N3O5/c1-19(2)25(26(34)31-14-8-12-24(31)20(3)33)29-27(35)36-17-28(4,5)13-7-11-21-9-6-10-22-15-30(18-32)16-23(21)22/h6-7,9-11,19,24-25,27,29,32,35H,8,12-18H2,1-5H3. The van der Waals surface area contributed by atoms with Crippen LogP contribution in [0.1, 0.15) is 70.6 Å². The molecular weight excluding hydrogens is 458 g/mol. The predicted octanol–water partition coefficient (Wildman–Crippen LogP) is 2.87. The molecule has 3 N–H and O–H groups in total. The topological polar surface area (TPSA) is 102 Å². The van der Waals surface area contributed by atoms with Crippen LogP contribution in [0.2, 0.25) is 0 Å². The van der Waals surface area contributed by atoms with E-state index in [1.54, 1.807) is 4.90 Å². The molecule has 2 aliphatic rings. The highest BCUT2D eigenvalue weighted by Crippen LogP contribution is 2.28. The van der Waals surface area contributed by atoms with Gasteiger partial charge in [0.1, 0.15) is 0 Å². The third kappa shape index (κ3) is 7.23. The molecule has 1 fully saturated rings. The smallest absolute Gasteiger partial charge is 0.240 e. The summed E-state index contributed by atoms with van der Waals surface area (Å²) in [4.78, 5) is 28.7. The Bertz CT molecular complexity index is 945. The number of carbonyl (C=O) groups excluding carboxylic acids is 2. The van der Waals surface area contributed by atoms with Crippen LogP contribution in [-0.4, -0.2) is 70.1 Å². The summed E-state index contributed by atoms with van der Waals surface area (Å²) in [5.41, 5.74) is 3.43. The minimum Gasteiger partial charge on any atom is -0.381 e. The van der Waals surface area contributed by atoms with Gasteiger partial charge in [0.05, 0.1) is 25.4 Å². The summed E-state index contributed by atoms with van der Waals surface area (Å²) in [6.07, 6.45) is 5.20. The van der Waals surface area contributed by atoms with Gasteiger partial charge in [-0.05, 0) is 54.2 Å². The SMILES string of the molecule is CC(=O)C1CCCN1C(=O)C(NC(O)OCC(C)(C)CC=Cc1cccc2c1CN(CO)C2)C(C)C. The van der Waals surface area contributed by atoms with Crippen molar-refractivity contribution < 1.29 is 24.5 Å². The van der Waals surface area contributed by atoms with Crippen LogP contribution in [0.25, 0.3) is 6.08 Å². The first-order chi connectivity index (χ1) is 17.0. The summed E-state index contributed by atoms with van der Waals surface area (Å²) in [5, 5.41) is 22.9. The maximum atomic E-state index is 13.2. The number of hydrogen-bond donors (Lipinski definition) is 3. The predicted molar refractivity (Wildman–Crippen MR) is 139 cm³/mol. The lowest BCUT2D eigenvalue weighted by Gasteiger charge is -2.32. The van der Waals surface area contributed by atoms with Crippen LogP contribution >= 0.6 is 0 Å². The molecule has 0 saturated carbocycles. The van der Waals surface area contributed by atoms with E-state index >= 15 is 0 Å². The Morgan fingerprint density at radius 1 is 1.28 bits per heavy atom. The molecule has 1 aromatic rings. The van der Waals surface area contributed by atoms with Gasteiger partial charge in [-0.2, -0.15) is 0 Å². The van der Waals surface area contributed by atoms with E-state index in [1.165, 1.54) is 18.1 Å². The van der Waals surface area contributed by atoms with Crippen molar-refractivity contribution in [3.8, 4) is 0 Å². The molecule has 1 saturated heterocycles. The fraction of sp³-hybridized carbons (Fsp3) is 0.643. The monoisotopic (exact) mass is 501 g/mol. The zero-order chi connectivity index (χ0) is 26.5. The Morgan fingerprint density at radius 3 is 2.69 bits per heavy atom. The molecule has 2 aliphatic heterocycles. The number of Topliss-reactive ketones (excluding diaryl/α,β-unsaturated/α-hetero) is 1. The third-order valence-electron chi connectivity index (χ3n) is 7.14. The molecular formula is C28H43N3O5. The first kappa shape index (κ1) is 28.5. The molecule has 3 unspecified atom stereocenters. The largest absolute Gasteiger partial charge is 0.381 e. The van der Waals surface area contributed by atoms with Crippen LogP contribution in [-0.2, 0) is 27.4 Å². The lowest BCUT2D eigenvalue weighted by atomic mass is 9.90. The number of nitrogens with zero attached hydrogens (tertiary/aromatic N) is 2. The number of aliphatic hydroxyl groups is 2. The van der Waals surface area contributed by atoms with Crippen molar-refractivity contribution in [3.63, 3.8) is 0 Å². The van der Waals surface area contributed by atoms with E-state index in [0.29, 0.717) is 19.6 Å². The highest BCUT2D eigenvalue weighted by atomic mass is 16.6. The normalized spacial score (nSPS) is 20.3. The first-order valence-corrected chi connectivity index (χ1v) is 13.0. The third-order valence-corrected chi connectivity index (χ3v) is 7.14. The van der Waals surface area contributed by atoms with Crippen molar-refractivity contribution >= 4 is 17.8 Å². The molecule has 1 amide bonds. The van der Waals surface area contributed by atoms with Gasteiger partial charge in [0, 0.05) is 19.6 Å². The molecule has 8 heteroatoms. The number of allylic oxidation sites excluding steroid dienone is 1. The quantitative estimate of drug-likeness (QED) is 0.379. The maximum absolute atomic E-state index is 13.2. The molecule has 1 aromatic carbocycles. The number of carbonyl (C=O) groups is 2. The number of hydrogen-bond acceptors (Lipinski definition) is 7. The number of fused-ring (bicyclic) bond motifs is 1. The Morgan fingerprint density at radius 2 is 2.03 bits per heavy atom. The number of ketones is 1. The van der Waals surface area contributed by atoms with Gasteiger partial charge in [-0.25, -0.2) is 0 Å². The zero-order valence-corrected chi connectivity index (χ0v) is 22.4. The molecule has 3 atom stereocenters. The molecule has 200 valence electrons. The summed E-state index contributed by atoms with van der Waals surface area (Å²) in [5.74, 6) is -0.238. The molecule has 8 nitrogen and oxygen atoms in total. The lowest BCUT2D eigenvalue weighted by Crippen LogP contribution is -2.55. The molecule has 0 bridgehead atoms. The molecule has 0 aromatic heterocycles. The van der Waals surface area contributed by atoms with Crippen LogP contribution in [0.5, 0.6) is 0 Å². The first-order valence-electron chi connectivity index (χ1n) is 13.0. The van der Waals surface area contributed by atoms with Gasteiger partial charge in [0.25, 0.3) is 0 Å². The number of ether oxygens (including phenoxy) is 1. The molecule has 3 rings (SSSR count). The highest BCUT2D eigenvalue weighted by molar-refractivity contribution is 5.90. The number of amides is 1. The summed E-state index contributed by atoms with van der Waals surface area (Å²) < 4.78 is 5.72. The summed E-state index contributed by atoms with van der Waals surface area (Å²) in [6.45, 7) is 11.9. The van der Waals surface area contributed by atoms with E-state index in [9.17, 15) is 19.8 Å². The van der Waals surface area contributed by atoms with E-state index in [1.807, 2.05) is 24.8 Å². The van der Waals surface area contributed by atoms with Crippen molar-refractivity contribution in [2.24, 2.45) is 11.3 Å². The van der Waals surface area contributed by atoms with Gasteiger partial charge in [-0.1, -0.05) is 58.0 Å². The van der Waals surface area contributed by atoms with Gasteiger partial charge >= 0.3 is 0 Å². The Kier molecular flexibility index (Phi) is 9.83. The van der Waals surface area contributed by atoms with Crippen LogP contribution < -0.4 is 5.32 Å². The van der Waals surface area contributed by atoms with E-state index in [-0.39, 0.29) is 35.8 Å². The van der Waals surface area contributed by atoms with E-state index < -0.39 is 12.5 Å². The van der Waals surface area contributed by atoms with E-state index in [2.05, 4.69) is 43.4 Å². The zero-order valence-electron chi connectivity index (χ0n) is 22.4. The van der Waals surface area contributed by atoms with Crippen LogP contribution in [0.15, 0.2) is 24.3 Å². The van der Waals surface area contributed by atoms with Crippen LogP contribution in [0.3, 0.4) is 0 Å². The van der Waals surface area contributed by atoms with Crippen molar-refractivity contribution in [2.45, 2.75) is 85.5 Å². The number of likely N-dealkylation sites (tertiary alicyclic amines) is 1. The van der Waals surface area contributed by atoms with Gasteiger partial charge in [0.2, 0.25) is 12.3 Å². The molecule has 0 spiro atoms. The van der Waals surface area contributed by atoms with Gasteiger partial charge in [-0.3, -0.25) is 19.8 Å². The Labute approximate surface area is 215 Å². The van der Waals surface area contributed by atoms with Crippen LogP contribution in [0.4, 0.5) is 0 Å². The second kappa shape index (κ2) is 12.4. The molecule has 2 heterocycles. The minimum absolute atomic E-state index is 0.00106. The van der Waals surface area contributed by atoms with Crippen molar-refractivity contribution in [1.29, 1.82) is 0 Å². The summed E-state index contributed by atoms with van der Waals surface area (Å²) >= 11 is 0. The number of benzene rings is 1. The van der Waals surface area contributed by atoms with Crippen molar-refractivity contribution in [3.05, 3.63) is 41.0 Å². The van der Waals surface area contributed by atoms with Gasteiger partial charge in [-0.15, -0.1) is 0 Å². The number of rotatable bonds is 12. The molecule has 0 radical (unpaired) electrons. The van der Waals surface area contributed by atoms with E-state index in [0.717, 1.165) is 31.5 Å². The lowest BCUT2D eigenvalue weighted by molar-refractivity contribution is -0.158.